The first-order valence-electron chi connectivity index (χ1n) is 0.666. The maximum absolute atomic E-state index is 7.33. The molecule has 0 spiro atoms. The molecule has 4 heavy (non-hydrogen) atoms. The van der Waals surface area contributed by atoms with E-state index in [1.165, 1.54) is 0 Å². The van der Waals surface area contributed by atoms with Crippen LogP contribution in [0.25, 0.3) is 0 Å². The van der Waals surface area contributed by atoms with Gasteiger partial charge in [0.05, 0.1) is 6.26 Å². The van der Waals surface area contributed by atoms with Gasteiger partial charge in [0.15, 0.2) is 0 Å². The Balaban J connectivity index is 0. The second-order valence-corrected chi connectivity index (χ2v) is 0.183. The Bertz CT molecular complexity index is 13.5. The van der Waals surface area contributed by atoms with Gasteiger partial charge < -0.3 is 5.11 Å². The second-order valence-electron chi connectivity index (χ2n) is 0.183. The van der Waals surface area contributed by atoms with Crippen LogP contribution in [0.15, 0.2) is 12.8 Å². The quantitative estimate of drug-likeness (QED) is 0.392. The van der Waals surface area contributed by atoms with Gasteiger partial charge in [0.25, 0.3) is 0 Å². The van der Waals surface area contributed by atoms with Gasteiger partial charge in [-0.2, -0.15) is 0 Å². The molecular weight excluding hydrogens is 141 g/mol. The van der Waals surface area contributed by atoms with Crippen molar-refractivity contribution in [3.8, 4) is 0 Å². The molecule has 0 aliphatic carbocycles. The Labute approximate surface area is 38.1 Å². The van der Waals surface area contributed by atoms with Crippen molar-refractivity contribution in [3.05, 3.63) is 12.8 Å². The largest absolute Gasteiger partial charge is 0.516 e. The summed E-state index contributed by atoms with van der Waals surface area (Å²) in [6, 6.07) is 0. The van der Waals surface area contributed by atoms with Crippen LogP contribution in [0.5, 0.6) is 0 Å². The van der Waals surface area contributed by atoms with Crippen molar-refractivity contribution in [2.45, 2.75) is 0 Å². The van der Waals surface area contributed by atoms with Gasteiger partial charge in [-0.05, 0) is 0 Å². The number of aliphatic hydroxyl groups is 1. The van der Waals surface area contributed by atoms with E-state index < -0.39 is 0 Å². The first-order valence-corrected chi connectivity index (χ1v) is 0.666. The third-order valence-corrected chi connectivity index (χ3v) is 0. The standard InChI is InChI=1S/C2H4O.Ru/c1-2-3;/h2-3H,1H2;. The van der Waals surface area contributed by atoms with Crippen LogP contribution in [0.1, 0.15) is 0 Å². The molecule has 0 aromatic carbocycles. The molecule has 0 aromatic heterocycles. The van der Waals surface area contributed by atoms with Crippen LogP contribution in [0.2, 0.25) is 0 Å². The van der Waals surface area contributed by atoms with Crippen LogP contribution in [-0.2, 0) is 19.5 Å². The minimum absolute atomic E-state index is 0. The van der Waals surface area contributed by atoms with Crippen molar-refractivity contribution in [1.82, 2.24) is 0 Å². The van der Waals surface area contributed by atoms with Crippen molar-refractivity contribution in [1.29, 1.82) is 0 Å². The Kier molecular flexibility index (Phi) is 24.3. The molecule has 0 unspecified atom stereocenters. The Morgan fingerprint density at radius 1 is 1.75 bits per heavy atom. The maximum atomic E-state index is 7.33. The van der Waals surface area contributed by atoms with Crippen LogP contribution < -0.4 is 0 Å². The predicted molar refractivity (Wildman–Crippen MR) is 12.8 cm³/mol. The molecule has 0 aliphatic rings. The minimum Gasteiger partial charge on any atom is -0.516 e. The van der Waals surface area contributed by atoms with Crippen LogP contribution in [-0.4, -0.2) is 5.11 Å². The van der Waals surface area contributed by atoms with E-state index in [0.29, 0.717) is 0 Å². The first-order chi connectivity index (χ1) is 1.41. The Morgan fingerprint density at radius 3 is 1.75 bits per heavy atom. The third kappa shape index (κ3) is 110. The molecule has 0 atom stereocenters. The normalized spacial score (nSPS) is 3.00. The van der Waals surface area contributed by atoms with E-state index in [1.54, 1.807) is 0 Å². The van der Waals surface area contributed by atoms with E-state index in [9.17, 15) is 0 Å². The second kappa shape index (κ2) is 10.9. The van der Waals surface area contributed by atoms with E-state index in [0.717, 1.165) is 6.26 Å². The minimum atomic E-state index is 0. The monoisotopic (exact) mass is 146 g/mol. The molecule has 1 N–H and O–H groups in total. The zero-order chi connectivity index (χ0) is 2.71. The van der Waals surface area contributed by atoms with E-state index in [1.807, 2.05) is 0 Å². The fourth-order valence-corrected chi connectivity index (χ4v) is 0. The summed E-state index contributed by atoms with van der Waals surface area (Å²) >= 11 is 0. The molecule has 0 saturated heterocycles. The summed E-state index contributed by atoms with van der Waals surface area (Å²) in [5.74, 6) is 0. The summed E-state index contributed by atoms with van der Waals surface area (Å²) in [7, 11) is 0. The molecule has 0 bridgehead atoms. The van der Waals surface area contributed by atoms with Crippen LogP contribution in [0.3, 0.4) is 0 Å². The van der Waals surface area contributed by atoms with Gasteiger partial charge in [0.1, 0.15) is 0 Å². The maximum Gasteiger partial charge on any atom is 0.0719 e. The molecule has 1 nitrogen and oxygen atoms in total. The Morgan fingerprint density at radius 2 is 1.75 bits per heavy atom. The molecule has 0 fully saturated rings. The Hall–Kier alpha value is 0.163. The van der Waals surface area contributed by atoms with E-state index in [4.69, 9.17) is 5.11 Å². The number of hydrogen-bond donors (Lipinski definition) is 1. The molecule has 0 rings (SSSR count). The van der Waals surface area contributed by atoms with Crippen molar-refractivity contribution < 1.29 is 24.6 Å². The van der Waals surface area contributed by atoms with Gasteiger partial charge in [0, 0.05) is 19.5 Å². The van der Waals surface area contributed by atoms with E-state index in [-0.39, 0.29) is 19.5 Å². The molecule has 0 aliphatic heterocycles. The van der Waals surface area contributed by atoms with Gasteiger partial charge in [0.2, 0.25) is 0 Å². The van der Waals surface area contributed by atoms with Gasteiger partial charge in [-0.15, -0.1) is 0 Å². The third-order valence-electron chi connectivity index (χ3n) is 0. The van der Waals surface area contributed by atoms with E-state index in [2.05, 4.69) is 6.58 Å². The summed E-state index contributed by atoms with van der Waals surface area (Å²) in [6.07, 6.45) is 0.750. The van der Waals surface area contributed by atoms with Crippen molar-refractivity contribution in [2.24, 2.45) is 0 Å². The fraction of sp³-hybridized carbons (Fsp3) is 0. The van der Waals surface area contributed by atoms with Gasteiger partial charge in [-0.3, -0.25) is 0 Å². The zero-order valence-electron chi connectivity index (χ0n) is 2.09. The molecule has 0 saturated carbocycles. The number of rotatable bonds is 0. The predicted octanol–water partition coefficient (Wildman–Crippen LogP) is 0.685. The molecule has 0 amide bonds. The number of hydrogen-bond acceptors (Lipinski definition) is 1. The summed E-state index contributed by atoms with van der Waals surface area (Å²) in [5.41, 5.74) is 0. The average molecular weight is 145 g/mol. The first kappa shape index (κ1) is 8.90. The summed E-state index contributed by atoms with van der Waals surface area (Å²) in [5, 5.41) is 7.33. The number of aliphatic hydroxyl groups excluding tert-OH is 1. The van der Waals surface area contributed by atoms with Gasteiger partial charge in [-0.25, -0.2) is 0 Å². The molecule has 0 radical (unpaired) electrons. The van der Waals surface area contributed by atoms with Crippen molar-refractivity contribution in [3.63, 3.8) is 0 Å². The molecular formula is C2H4ORu. The van der Waals surface area contributed by atoms with Crippen molar-refractivity contribution in [2.75, 3.05) is 0 Å². The van der Waals surface area contributed by atoms with Crippen LogP contribution in [0, 0.1) is 0 Å². The summed E-state index contributed by atoms with van der Waals surface area (Å²) in [4.78, 5) is 0. The van der Waals surface area contributed by atoms with E-state index >= 15 is 0 Å². The fourth-order valence-electron chi connectivity index (χ4n) is 0. The average Bonchev–Trinajstić information content (AvgIpc) is 0.918. The topological polar surface area (TPSA) is 20.2 Å². The van der Waals surface area contributed by atoms with Gasteiger partial charge >= 0.3 is 0 Å². The zero-order valence-corrected chi connectivity index (χ0v) is 3.82. The molecule has 0 aromatic rings. The molecule has 0 heterocycles. The van der Waals surface area contributed by atoms with Crippen molar-refractivity contribution >= 4 is 0 Å². The SMILES string of the molecule is C=CO.[Ru]. The smallest absolute Gasteiger partial charge is 0.0719 e. The molecule has 2 heteroatoms. The van der Waals surface area contributed by atoms with Crippen LogP contribution >= 0.6 is 0 Å². The summed E-state index contributed by atoms with van der Waals surface area (Å²) < 4.78 is 0. The summed E-state index contributed by atoms with van der Waals surface area (Å²) in [6.45, 7) is 2.92. The van der Waals surface area contributed by atoms with Crippen LogP contribution in [0.4, 0.5) is 0 Å². The van der Waals surface area contributed by atoms with Gasteiger partial charge in [-0.1, -0.05) is 6.58 Å². The molecule has 26 valence electrons.